The van der Waals surface area contributed by atoms with Crippen molar-refractivity contribution in [2.75, 3.05) is 31.3 Å². The molecular weight excluding hydrogens is 673 g/mol. The summed E-state index contributed by atoms with van der Waals surface area (Å²) in [5.74, 6) is -6.54. The lowest BCUT2D eigenvalue weighted by Gasteiger charge is -2.28. The van der Waals surface area contributed by atoms with Crippen LogP contribution in [0.15, 0.2) is 41.3 Å². The molecule has 2 rings (SSSR count). The topological polar surface area (TPSA) is 200 Å². The van der Waals surface area contributed by atoms with Crippen molar-refractivity contribution in [1.29, 1.82) is 10.7 Å². The Labute approximate surface area is 282 Å². The predicted octanol–water partition coefficient (Wildman–Crippen LogP) is 4.59. The first-order valence-electron chi connectivity index (χ1n) is 14.6. The Morgan fingerprint density at radius 1 is 0.980 bits per heavy atom. The van der Waals surface area contributed by atoms with E-state index in [2.05, 4.69) is 16.1 Å². The van der Waals surface area contributed by atoms with Crippen molar-refractivity contribution in [3.63, 3.8) is 0 Å². The number of halogens is 3. The van der Waals surface area contributed by atoms with Crippen LogP contribution in [0.1, 0.15) is 58.2 Å². The van der Waals surface area contributed by atoms with Crippen molar-refractivity contribution in [3.05, 3.63) is 58.9 Å². The minimum Gasteiger partial charge on any atom is -0.443 e. The van der Waals surface area contributed by atoms with Crippen LogP contribution in [0.4, 0.5) is 28.4 Å². The fourth-order valence-corrected chi connectivity index (χ4v) is 4.87. The molecule has 0 spiro atoms. The molecule has 2 aromatic carbocycles. The van der Waals surface area contributed by atoms with Gasteiger partial charge in [0.2, 0.25) is 11.9 Å². The molecule has 49 heavy (non-hydrogen) atoms. The number of guanidine groups is 1. The maximum Gasteiger partial charge on any atom is 0.427 e. The van der Waals surface area contributed by atoms with E-state index in [1.807, 2.05) is 0 Å². The summed E-state index contributed by atoms with van der Waals surface area (Å²) in [6.07, 6.45) is -2.32. The van der Waals surface area contributed by atoms with E-state index in [9.17, 15) is 28.1 Å². The number of sulfone groups is 1. The zero-order valence-corrected chi connectivity index (χ0v) is 28.8. The van der Waals surface area contributed by atoms with Gasteiger partial charge in [0.05, 0.1) is 41.8 Å². The fourth-order valence-electron chi connectivity index (χ4n) is 3.93. The highest BCUT2D eigenvalue weighted by Crippen LogP contribution is 2.34. The highest BCUT2D eigenvalue weighted by Gasteiger charge is 2.37. The zero-order valence-electron chi connectivity index (χ0n) is 28.0. The van der Waals surface area contributed by atoms with Gasteiger partial charge in [-0.1, -0.05) is 18.2 Å². The van der Waals surface area contributed by atoms with Gasteiger partial charge >= 0.3 is 12.2 Å². The molecule has 0 aromatic heterocycles. The van der Waals surface area contributed by atoms with Gasteiger partial charge in [-0.05, 0) is 59.7 Å². The van der Waals surface area contributed by atoms with Crippen LogP contribution in [0.3, 0.4) is 0 Å². The average molecular weight is 713 g/mol. The second kappa shape index (κ2) is 16.0. The maximum atomic E-state index is 15.4. The summed E-state index contributed by atoms with van der Waals surface area (Å²) in [6, 6.07) is 8.43. The molecule has 0 atom stereocenters. The molecule has 0 aliphatic carbocycles. The number of rotatable bonds is 11. The molecule has 0 saturated heterocycles. The Morgan fingerprint density at radius 2 is 1.55 bits per heavy atom. The molecule has 4 N–H and O–H groups in total. The molecule has 268 valence electrons. The van der Waals surface area contributed by atoms with Gasteiger partial charge in [-0.2, -0.15) is 14.0 Å². The summed E-state index contributed by atoms with van der Waals surface area (Å²) in [5.41, 5.74) is -1.82. The van der Waals surface area contributed by atoms with Gasteiger partial charge in [0.15, 0.2) is 15.7 Å². The maximum absolute atomic E-state index is 15.4. The van der Waals surface area contributed by atoms with Crippen LogP contribution < -0.4 is 16.1 Å². The molecule has 18 heteroatoms. The minimum atomic E-state index is -4.00. The van der Waals surface area contributed by atoms with Crippen LogP contribution in [0, 0.1) is 22.6 Å². The number of anilines is 1. The molecular formula is C31H39F3N6O8S. The van der Waals surface area contributed by atoms with Crippen LogP contribution in [0.5, 0.6) is 0 Å². The quantitative estimate of drug-likeness (QED) is 0.110. The third-order valence-electron chi connectivity index (χ3n) is 5.95. The van der Waals surface area contributed by atoms with Gasteiger partial charge in [0, 0.05) is 23.9 Å². The predicted molar refractivity (Wildman–Crippen MR) is 171 cm³/mol. The molecule has 0 radical (unpaired) electrons. The molecule has 3 amide bonds. The molecule has 2 aromatic rings. The van der Waals surface area contributed by atoms with Crippen molar-refractivity contribution < 1.29 is 50.3 Å². The van der Waals surface area contributed by atoms with Crippen LogP contribution in [0.25, 0.3) is 0 Å². The van der Waals surface area contributed by atoms with Crippen molar-refractivity contribution in [2.45, 2.75) is 70.0 Å². The smallest absolute Gasteiger partial charge is 0.427 e. The van der Waals surface area contributed by atoms with Crippen molar-refractivity contribution in [2.24, 2.45) is 0 Å². The normalized spacial score (nSPS) is 11.9. The van der Waals surface area contributed by atoms with Gasteiger partial charge < -0.3 is 20.1 Å². The summed E-state index contributed by atoms with van der Waals surface area (Å²) >= 11 is 0. The second-order valence-electron chi connectivity index (χ2n) is 12.5. The number of nitrogens with one attached hydrogen (secondary N) is 4. The number of benzene rings is 2. The molecule has 14 nitrogen and oxygen atoms in total. The van der Waals surface area contributed by atoms with Gasteiger partial charge in [0.25, 0.3) is 5.92 Å². The number of hydrogen-bond donors (Lipinski definition) is 4. The highest BCUT2D eigenvalue weighted by atomic mass is 32.2. The first-order valence-corrected chi connectivity index (χ1v) is 16.5. The minimum absolute atomic E-state index is 0.231. The van der Waals surface area contributed by atoms with Gasteiger partial charge in [-0.15, -0.1) is 4.90 Å². The number of carbonyl (C=O) groups excluding carboxylic acids is 3. The Bertz CT molecular complexity index is 1690. The van der Waals surface area contributed by atoms with Gasteiger partial charge in [0.1, 0.15) is 11.2 Å². The largest absolute Gasteiger partial charge is 0.443 e. The third kappa shape index (κ3) is 12.3. The van der Waals surface area contributed by atoms with Crippen LogP contribution in [-0.2, 0) is 41.3 Å². The Kier molecular flexibility index (Phi) is 13.2. The lowest BCUT2D eigenvalue weighted by atomic mass is 10.0. The van der Waals surface area contributed by atoms with Gasteiger partial charge in [-0.3, -0.25) is 15.0 Å². The summed E-state index contributed by atoms with van der Waals surface area (Å²) in [6.45, 7) is 7.54. The molecule has 0 unspecified atom stereocenters. The van der Waals surface area contributed by atoms with E-state index in [1.165, 1.54) is 12.1 Å². The molecule has 0 bridgehead atoms. The number of nitriles is 1. The first-order chi connectivity index (χ1) is 22.5. The number of alkyl halides is 2. The number of ether oxygens (including phenoxy) is 2. The van der Waals surface area contributed by atoms with E-state index < -0.39 is 91.5 Å². The number of hydrogen-bond acceptors (Lipinski definition) is 11. The zero-order chi connectivity index (χ0) is 37.4. The second-order valence-corrected chi connectivity index (χ2v) is 14.5. The number of amides is 3. The van der Waals surface area contributed by atoms with E-state index in [-0.39, 0.29) is 23.6 Å². The third-order valence-corrected chi connectivity index (χ3v) is 7.11. The van der Waals surface area contributed by atoms with Crippen LogP contribution in [-0.4, -0.2) is 74.5 Å². The summed E-state index contributed by atoms with van der Waals surface area (Å²) in [7, 11) is -4.00. The van der Waals surface area contributed by atoms with Gasteiger partial charge in [-0.25, -0.2) is 27.9 Å². The molecule has 0 saturated carbocycles. The summed E-state index contributed by atoms with van der Waals surface area (Å²) < 4.78 is 79.9. The highest BCUT2D eigenvalue weighted by molar-refractivity contribution is 7.90. The Balaban J connectivity index is 2.04. The monoisotopic (exact) mass is 712 g/mol. The lowest BCUT2D eigenvalue weighted by molar-refractivity contribution is -0.120. The first kappa shape index (κ1) is 40.3. The van der Waals surface area contributed by atoms with Crippen molar-refractivity contribution in [1.82, 2.24) is 15.7 Å². The standard InChI is InChI=1S/C31H39F3N6O8S/c1-29(2,3)47-27(42)40(28(43)48-30(4,5)6)26(36)39-46-15-14-37-24(41)16-20-19(17-35)12-13-22(25(20)32)38-18-31(33,34)21-10-8-9-11-23(21)49(7,44)45/h8-13,38H,14-16,18H2,1-7H3,(H2,36,39)(H,37,41). The molecule has 0 aliphatic heterocycles. The number of nitrogens with zero attached hydrogens (tertiary/aromatic N) is 2. The Hall–Kier alpha value is -4.89. The number of imide groups is 1. The fraction of sp³-hybridized carbons (Fsp3) is 0.452. The summed E-state index contributed by atoms with van der Waals surface area (Å²) in [4.78, 5) is 42.5. The molecule has 0 aliphatic rings. The Morgan fingerprint density at radius 3 is 2.08 bits per heavy atom. The average Bonchev–Trinajstić information content (AvgIpc) is 2.95. The number of hydroxylamine groups is 1. The SMILES string of the molecule is CC(C)(C)OC(=O)N(C(=N)NOCCNC(=O)Cc1c(C#N)ccc(NCC(F)(F)c2ccccc2S(C)(=O)=O)c1F)C(=O)OC(C)(C)C. The van der Waals surface area contributed by atoms with E-state index in [0.29, 0.717) is 0 Å². The number of carbonyl (C=O) groups is 3. The van der Waals surface area contributed by atoms with E-state index in [1.54, 1.807) is 47.6 Å². The van der Waals surface area contributed by atoms with Crippen LogP contribution in [0.2, 0.25) is 0 Å². The van der Waals surface area contributed by atoms with Crippen LogP contribution >= 0.6 is 0 Å². The molecule has 0 fully saturated rings. The molecule has 0 heterocycles. The van der Waals surface area contributed by atoms with E-state index in [0.717, 1.165) is 30.5 Å². The van der Waals surface area contributed by atoms with E-state index >= 15 is 13.2 Å². The van der Waals surface area contributed by atoms with E-state index in [4.69, 9.17) is 19.7 Å². The lowest BCUT2D eigenvalue weighted by Crippen LogP contribution is -2.51. The van der Waals surface area contributed by atoms with Crippen molar-refractivity contribution in [3.8, 4) is 6.07 Å². The summed E-state index contributed by atoms with van der Waals surface area (Å²) in [5, 5.41) is 22.2. The van der Waals surface area contributed by atoms with Crippen molar-refractivity contribution >= 4 is 39.6 Å².